The highest BCUT2D eigenvalue weighted by molar-refractivity contribution is 5.57. The third-order valence-corrected chi connectivity index (χ3v) is 1.51. The van der Waals surface area contributed by atoms with E-state index in [4.69, 9.17) is 0 Å². The Balaban J connectivity index is 2.71. The average Bonchev–Trinajstić information content (AvgIpc) is 2.15. The van der Waals surface area contributed by atoms with Gasteiger partial charge in [-0.2, -0.15) is 0 Å². The monoisotopic (exact) mass is 163 g/mol. The Bertz CT molecular complexity index is 254. The molecule has 0 saturated heterocycles. The summed E-state index contributed by atoms with van der Waals surface area (Å²) in [6.45, 7) is 2.80. The molecule has 0 fully saturated rings. The smallest absolute Gasteiger partial charge is 0.138 e. The zero-order valence-corrected chi connectivity index (χ0v) is 7.12. The maximum Gasteiger partial charge on any atom is 0.138 e. The lowest BCUT2D eigenvalue weighted by atomic mass is 10.2. The number of aliphatic hydroxyl groups excluding tert-OH is 1. The molecule has 0 unspecified atom stereocenters. The van der Waals surface area contributed by atoms with Crippen molar-refractivity contribution in [1.29, 1.82) is 0 Å². The van der Waals surface area contributed by atoms with E-state index in [-0.39, 0.29) is 5.76 Å². The zero-order valence-electron chi connectivity index (χ0n) is 7.12. The lowest BCUT2D eigenvalue weighted by molar-refractivity contribution is 0.507. The fraction of sp³-hybridized carbons (Fsp3) is 0.200. The standard InChI is InChI=1S/C10H13NO/c1-2-11-8-10(12)9-6-4-3-5-7-9/h3-8,11-12H,2H2,1H3/b10-8-. The molecule has 0 heterocycles. The topological polar surface area (TPSA) is 32.3 Å². The Labute approximate surface area is 72.5 Å². The first-order chi connectivity index (χ1) is 5.84. The van der Waals surface area contributed by atoms with Crippen LogP contribution in [0.3, 0.4) is 0 Å². The van der Waals surface area contributed by atoms with Gasteiger partial charge in [-0.15, -0.1) is 0 Å². The van der Waals surface area contributed by atoms with Crippen LogP contribution in [0.2, 0.25) is 0 Å². The Morgan fingerprint density at radius 3 is 2.67 bits per heavy atom. The Hall–Kier alpha value is -1.44. The molecule has 1 rings (SSSR count). The van der Waals surface area contributed by atoms with E-state index in [0.717, 1.165) is 12.1 Å². The maximum absolute atomic E-state index is 9.45. The van der Waals surface area contributed by atoms with Crippen molar-refractivity contribution >= 4 is 5.76 Å². The summed E-state index contributed by atoms with van der Waals surface area (Å²) < 4.78 is 0. The third kappa shape index (κ3) is 2.31. The molecular weight excluding hydrogens is 150 g/mol. The van der Waals surface area contributed by atoms with Gasteiger partial charge in [-0.3, -0.25) is 0 Å². The molecule has 0 atom stereocenters. The average molecular weight is 163 g/mol. The highest BCUT2D eigenvalue weighted by Crippen LogP contribution is 2.08. The molecular formula is C10H13NO. The summed E-state index contributed by atoms with van der Waals surface area (Å²) in [6, 6.07) is 9.44. The largest absolute Gasteiger partial charge is 0.506 e. The van der Waals surface area contributed by atoms with Crippen LogP contribution in [-0.2, 0) is 0 Å². The second-order valence-electron chi connectivity index (χ2n) is 2.45. The van der Waals surface area contributed by atoms with Crippen molar-refractivity contribution in [3.63, 3.8) is 0 Å². The van der Waals surface area contributed by atoms with Crippen molar-refractivity contribution in [3.05, 3.63) is 42.1 Å². The van der Waals surface area contributed by atoms with E-state index < -0.39 is 0 Å². The van der Waals surface area contributed by atoms with Gasteiger partial charge in [0.1, 0.15) is 5.76 Å². The van der Waals surface area contributed by atoms with Crippen molar-refractivity contribution < 1.29 is 5.11 Å². The number of rotatable bonds is 3. The maximum atomic E-state index is 9.45. The molecule has 2 N–H and O–H groups in total. The van der Waals surface area contributed by atoms with Gasteiger partial charge in [0, 0.05) is 18.3 Å². The van der Waals surface area contributed by atoms with E-state index >= 15 is 0 Å². The highest BCUT2D eigenvalue weighted by atomic mass is 16.3. The molecule has 0 aliphatic carbocycles. The second kappa shape index (κ2) is 4.44. The summed E-state index contributed by atoms with van der Waals surface area (Å²) in [5, 5.41) is 12.4. The molecule has 1 aromatic rings. The van der Waals surface area contributed by atoms with Crippen LogP contribution in [-0.4, -0.2) is 11.7 Å². The summed E-state index contributed by atoms with van der Waals surface area (Å²) in [4.78, 5) is 0. The third-order valence-electron chi connectivity index (χ3n) is 1.51. The molecule has 64 valence electrons. The minimum Gasteiger partial charge on any atom is -0.506 e. The molecule has 0 aromatic heterocycles. The van der Waals surface area contributed by atoms with E-state index in [1.807, 2.05) is 37.3 Å². The molecule has 2 nitrogen and oxygen atoms in total. The SMILES string of the molecule is CCN/C=C(\O)c1ccccc1. The van der Waals surface area contributed by atoms with Crippen molar-refractivity contribution in [2.45, 2.75) is 6.92 Å². The van der Waals surface area contributed by atoms with Crippen LogP contribution in [0.1, 0.15) is 12.5 Å². The predicted molar refractivity (Wildman–Crippen MR) is 50.7 cm³/mol. The summed E-state index contributed by atoms with van der Waals surface area (Å²) in [7, 11) is 0. The molecule has 12 heavy (non-hydrogen) atoms. The van der Waals surface area contributed by atoms with Crippen LogP contribution in [0.5, 0.6) is 0 Å². The molecule has 2 heteroatoms. The van der Waals surface area contributed by atoms with Gasteiger partial charge in [0.05, 0.1) is 0 Å². The fourth-order valence-corrected chi connectivity index (χ4v) is 0.891. The molecule has 0 bridgehead atoms. The van der Waals surface area contributed by atoms with Gasteiger partial charge < -0.3 is 10.4 Å². The molecule has 0 radical (unpaired) electrons. The van der Waals surface area contributed by atoms with Gasteiger partial charge in [-0.1, -0.05) is 30.3 Å². The second-order valence-corrected chi connectivity index (χ2v) is 2.45. The lowest BCUT2D eigenvalue weighted by Gasteiger charge is -1.99. The number of aliphatic hydroxyl groups is 1. The van der Waals surface area contributed by atoms with Crippen LogP contribution < -0.4 is 5.32 Å². The molecule has 0 amide bonds. The van der Waals surface area contributed by atoms with E-state index in [0.29, 0.717) is 0 Å². The summed E-state index contributed by atoms with van der Waals surface area (Å²) in [5.41, 5.74) is 0.832. The van der Waals surface area contributed by atoms with Gasteiger partial charge >= 0.3 is 0 Å². The highest BCUT2D eigenvalue weighted by Gasteiger charge is 1.94. The number of nitrogens with one attached hydrogen (secondary N) is 1. The quantitative estimate of drug-likeness (QED) is 0.669. The van der Waals surface area contributed by atoms with Gasteiger partial charge in [0.25, 0.3) is 0 Å². The summed E-state index contributed by atoms with van der Waals surface area (Å²) in [5.74, 6) is 0.275. The Morgan fingerprint density at radius 2 is 2.08 bits per heavy atom. The van der Waals surface area contributed by atoms with Crippen molar-refractivity contribution in [2.24, 2.45) is 0 Å². The van der Waals surface area contributed by atoms with Crippen molar-refractivity contribution in [1.82, 2.24) is 5.32 Å². The minimum absolute atomic E-state index is 0.275. The van der Waals surface area contributed by atoms with E-state index in [9.17, 15) is 5.11 Å². The minimum atomic E-state index is 0.275. The molecule has 0 aliphatic heterocycles. The lowest BCUT2D eigenvalue weighted by Crippen LogP contribution is -2.03. The normalized spacial score (nSPS) is 11.2. The number of benzene rings is 1. The first-order valence-corrected chi connectivity index (χ1v) is 4.02. The first-order valence-electron chi connectivity index (χ1n) is 4.02. The van der Waals surface area contributed by atoms with Gasteiger partial charge in [0.15, 0.2) is 0 Å². The van der Waals surface area contributed by atoms with Gasteiger partial charge in [-0.25, -0.2) is 0 Å². The number of hydrogen-bond acceptors (Lipinski definition) is 2. The van der Waals surface area contributed by atoms with E-state index in [1.54, 1.807) is 6.20 Å². The molecule has 0 saturated carbocycles. The first kappa shape index (κ1) is 8.65. The van der Waals surface area contributed by atoms with Crippen LogP contribution in [0.15, 0.2) is 36.5 Å². The van der Waals surface area contributed by atoms with Crippen LogP contribution >= 0.6 is 0 Å². The van der Waals surface area contributed by atoms with Crippen LogP contribution in [0.25, 0.3) is 5.76 Å². The predicted octanol–water partition coefficient (Wildman–Crippen LogP) is 2.15. The Morgan fingerprint density at radius 1 is 1.42 bits per heavy atom. The van der Waals surface area contributed by atoms with Crippen LogP contribution in [0.4, 0.5) is 0 Å². The molecule has 0 spiro atoms. The molecule has 0 aliphatic rings. The Kier molecular flexibility index (Phi) is 3.20. The van der Waals surface area contributed by atoms with Crippen LogP contribution in [0, 0.1) is 0 Å². The van der Waals surface area contributed by atoms with E-state index in [2.05, 4.69) is 5.32 Å². The van der Waals surface area contributed by atoms with E-state index in [1.165, 1.54) is 0 Å². The van der Waals surface area contributed by atoms with Crippen molar-refractivity contribution in [3.8, 4) is 0 Å². The molecule has 1 aromatic carbocycles. The summed E-state index contributed by atoms with van der Waals surface area (Å²) >= 11 is 0. The number of hydrogen-bond donors (Lipinski definition) is 2. The van der Waals surface area contributed by atoms with Gasteiger partial charge in [0.2, 0.25) is 0 Å². The van der Waals surface area contributed by atoms with Gasteiger partial charge in [-0.05, 0) is 6.92 Å². The zero-order chi connectivity index (χ0) is 8.81. The fourth-order valence-electron chi connectivity index (χ4n) is 0.891. The van der Waals surface area contributed by atoms with Crippen molar-refractivity contribution in [2.75, 3.05) is 6.54 Å². The summed E-state index contributed by atoms with van der Waals surface area (Å²) in [6.07, 6.45) is 1.61.